The van der Waals surface area contributed by atoms with Gasteiger partial charge in [-0.2, -0.15) is 5.10 Å². The molecule has 0 aliphatic rings. The molecule has 0 spiro atoms. The SMILES string of the molecule is COc1ccc(Oc2cccc3c(O)c(C(=O)NCC(=O)O)n4ncnc4c23)cc1. The number of rotatable bonds is 6. The zero-order valence-electron chi connectivity index (χ0n) is 15.7. The fourth-order valence-corrected chi connectivity index (χ4v) is 3.06. The van der Waals surface area contributed by atoms with Gasteiger partial charge in [-0.05, 0) is 30.3 Å². The molecule has 0 fully saturated rings. The van der Waals surface area contributed by atoms with Gasteiger partial charge in [-0.3, -0.25) is 9.59 Å². The third-order valence-electron chi connectivity index (χ3n) is 4.39. The molecule has 0 saturated carbocycles. The lowest BCUT2D eigenvalue weighted by molar-refractivity contribution is -0.135. The molecule has 10 nitrogen and oxygen atoms in total. The first-order chi connectivity index (χ1) is 14.5. The Balaban J connectivity index is 1.85. The number of aromatic nitrogens is 3. The number of amides is 1. The van der Waals surface area contributed by atoms with E-state index in [-0.39, 0.29) is 17.1 Å². The minimum atomic E-state index is -1.21. The number of pyridine rings is 1. The Morgan fingerprint density at radius 2 is 1.87 bits per heavy atom. The van der Waals surface area contributed by atoms with E-state index in [1.807, 2.05) is 0 Å². The van der Waals surface area contributed by atoms with Crippen molar-refractivity contribution in [3.63, 3.8) is 0 Å². The lowest BCUT2D eigenvalue weighted by Crippen LogP contribution is -2.31. The van der Waals surface area contributed by atoms with E-state index in [4.69, 9.17) is 14.6 Å². The molecule has 2 heterocycles. The number of methoxy groups -OCH3 is 1. The van der Waals surface area contributed by atoms with Gasteiger partial charge in [-0.15, -0.1) is 0 Å². The predicted molar refractivity (Wildman–Crippen MR) is 105 cm³/mol. The van der Waals surface area contributed by atoms with Crippen molar-refractivity contribution in [1.29, 1.82) is 0 Å². The summed E-state index contributed by atoms with van der Waals surface area (Å²) >= 11 is 0. The Labute approximate surface area is 169 Å². The average Bonchev–Trinajstić information content (AvgIpc) is 3.22. The molecule has 0 aliphatic carbocycles. The summed E-state index contributed by atoms with van der Waals surface area (Å²) < 4.78 is 12.3. The molecule has 2 aromatic heterocycles. The quantitative estimate of drug-likeness (QED) is 0.442. The van der Waals surface area contributed by atoms with Gasteiger partial charge in [0.2, 0.25) is 0 Å². The third kappa shape index (κ3) is 3.30. The van der Waals surface area contributed by atoms with E-state index >= 15 is 0 Å². The van der Waals surface area contributed by atoms with Gasteiger partial charge in [-0.25, -0.2) is 9.50 Å². The van der Waals surface area contributed by atoms with Gasteiger partial charge in [-0.1, -0.05) is 12.1 Å². The highest BCUT2D eigenvalue weighted by Gasteiger charge is 2.24. The van der Waals surface area contributed by atoms with Crippen molar-refractivity contribution < 1.29 is 29.3 Å². The first kappa shape index (κ1) is 19.0. The van der Waals surface area contributed by atoms with Gasteiger partial charge < -0.3 is 25.0 Å². The second-order valence-electron chi connectivity index (χ2n) is 6.23. The maximum Gasteiger partial charge on any atom is 0.322 e. The summed E-state index contributed by atoms with van der Waals surface area (Å²) in [6, 6.07) is 11.9. The first-order valence-electron chi connectivity index (χ1n) is 8.79. The van der Waals surface area contributed by atoms with E-state index in [2.05, 4.69) is 15.4 Å². The first-order valence-corrected chi connectivity index (χ1v) is 8.79. The number of carboxylic acid groups (broad SMARTS) is 1. The zero-order chi connectivity index (χ0) is 21.3. The summed E-state index contributed by atoms with van der Waals surface area (Å²) in [6.07, 6.45) is 1.23. The van der Waals surface area contributed by atoms with Crippen LogP contribution in [-0.4, -0.2) is 50.3 Å². The van der Waals surface area contributed by atoms with E-state index in [1.165, 1.54) is 6.33 Å². The van der Waals surface area contributed by atoms with Crippen LogP contribution in [0.25, 0.3) is 16.4 Å². The van der Waals surface area contributed by atoms with Gasteiger partial charge in [0.05, 0.1) is 12.5 Å². The molecular formula is C20H16N4O6. The minimum Gasteiger partial charge on any atom is -0.505 e. The van der Waals surface area contributed by atoms with Crippen molar-refractivity contribution >= 4 is 28.3 Å². The fraction of sp³-hybridized carbons (Fsp3) is 0.100. The number of ether oxygens (including phenoxy) is 2. The second kappa shape index (κ2) is 7.59. The second-order valence-corrected chi connectivity index (χ2v) is 6.23. The molecule has 0 aliphatic heterocycles. The number of benzene rings is 2. The molecule has 0 bridgehead atoms. The van der Waals surface area contributed by atoms with Crippen molar-refractivity contribution in [3.8, 4) is 23.0 Å². The highest BCUT2D eigenvalue weighted by molar-refractivity contribution is 6.09. The Hall–Kier alpha value is -4.34. The summed E-state index contributed by atoms with van der Waals surface area (Å²) in [5.41, 5.74) is 0.0465. The van der Waals surface area contributed by atoms with Crippen molar-refractivity contribution in [2.45, 2.75) is 0 Å². The third-order valence-corrected chi connectivity index (χ3v) is 4.39. The number of fused-ring (bicyclic) bond motifs is 3. The number of nitrogens with zero attached hydrogens (tertiary/aromatic N) is 3. The number of carboxylic acids is 1. The van der Waals surface area contributed by atoms with Gasteiger partial charge in [0.25, 0.3) is 5.91 Å². The van der Waals surface area contributed by atoms with E-state index < -0.39 is 18.4 Å². The molecule has 0 unspecified atom stereocenters. The van der Waals surface area contributed by atoms with Crippen LogP contribution in [0.4, 0.5) is 0 Å². The van der Waals surface area contributed by atoms with Gasteiger partial charge >= 0.3 is 5.97 Å². The predicted octanol–water partition coefficient (Wildman–Crippen LogP) is 2.20. The van der Waals surface area contributed by atoms with E-state index in [1.54, 1.807) is 49.6 Å². The number of hydrogen-bond donors (Lipinski definition) is 3. The molecule has 0 saturated heterocycles. The van der Waals surface area contributed by atoms with Crippen molar-refractivity contribution in [3.05, 3.63) is 54.5 Å². The van der Waals surface area contributed by atoms with Crippen molar-refractivity contribution in [2.75, 3.05) is 13.7 Å². The number of carbonyl (C=O) groups is 2. The highest BCUT2D eigenvalue weighted by Crippen LogP contribution is 2.38. The van der Waals surface area contributed by atoms with Crippen LogP contribution in [0.5, 0.6) is 23.0 Å². The maximum atomic E-state index is 12.5. The molecule has 2 aromatic carbocycles. The van der Waals surface area contributed by atoms with Crippen LogP contribution in [0.3, 0.4) is 0 Å². The Morgan fingerprint density at radius 3 is 2.57 bits per heavy atom. The normalized spacial score (nSPS) is 10.8. The van der Waals surface area contributed by atoms with Crippen LogP contribution in [-0.2, 0) is 4.79 Å². The minimum absolute atomic E-state index is 0.224. The number of aromatic hydroxyl groups is 1. The summed E-state index contributed by atoms with van der Waals surface area (Å²) in [4.78, 5) is 27.5. The van der Waals surface area contributed by atoms with Crippen LogP contribution in [0, 0.1) is 0 Å². The maximum absolute atomic E-state index is 12.5. The van der Waals surface area contributed by atoms with E-state index in [0.29, 0.717) is 28.0 Å². The Morgan fingerprint density at radius 1 is 1.13 bits per heavy atom. The van der Waals surface area contributed by atoms with Crippen LogP contribution in [0.1, 0.15) is 10.5 Å². The lowest BCUT2D eigenvalue weighted by atomic mass is 10.1. The standard InChI is InChI=1S/C20H16N4O6/c1-29-11-5-7-12(8-6-11)30-14-4-2-3-13-16(14)19-22-10-23-24(19)17(18(13)27)20(28)21-9-15(25)26/h2-8,10,27H,9H2,1H3,(H,21,28)(H,25,26). The van der Waals surface area contributed by atoms with Crippen LogP contribution < -0.4 is 14.8 Å². The van der Waals surface area contributed by atoms with Crippen LogP contribution in [0.2, 0.25) is 0 Å². The smallest absolute Gasteiger partial charge is 0.322 e. The average molecular weight is 408 g/mol. The molecule has 0 radical (unpaired) electrons. The summed E-state index contributed by atoms with van der Waals surface area (Å²) in [6.45, 7) is -0.604. The van der Waals surface area contributed by atoms with Gasteiger partial charge in [0.15, 0.2) is 17.1 Å². The molecule has 4 rings (SSSR count). The van der Waals surface area contributed by atoms with Crippen LogP contribution in [0.15, 0.2) is 48.8 Å². The number of hydrogen-bond acceptors (Lipinski definition) is 7. The number of nitrogens with one attached hydrogen (secondary N) is 1. The monoisotopic (exact) mass is 408 g/mol. The van der Waals surface area contributed by atoms with E-state index in [9.17, 15) is 14.7 Å². The highest BCUT2D eigenvalue weighted by atomic mass is 16.5. The largest absolute Gasteiger partial charge is 0.505 e. The lowest BCUT2D eigenvalue weighted by Gasteiger charge is -2.14. The molecule has 0 atom stereocenters. The van der Waals surface area contributed by atoms with Crippen molar-refractivity contribution in [1.82, 2.24) is 19.9 Å². The van der Waals surface area contributed by atoms with Crippen molar-refractivity contribution in [2.24, 2.45) is 0 Å². The molecular weight excluding hydrogens is 392 g/mol. The van der Waals surface area contributed by atoms with Gasteiger partial charge in [0.1, 0.15) is 30.1 Å². The van der Waals surface area contributed by atoms with E-state index in [0.717, 1.165) is 4.52 Å². The number of aliphatic carboxylic acids is 1. The Bertz CT molecular complexity index is 1270. The topological polar surface area (TPSA) is 135 Å². The molecule has 152 valence electrons. The number of carbonyl (C=O) groups excluding carboxylic acids is 1. The summed E-state index contributed by atoms with van der Waals surface area (Å²) in [5, 5.41) is 26.6. The van der Waals surface area contributed by atoms with Crippen LogP contribution >= 0.6 is 0 Å². The molecule has 10 heteroatoms. The summed E-state index contributed by atoms with van der Waals surface area (Å²) in [5.74, 6) is -0.782. The van der Waals surface area contributed by atoms with Gasteiger partial charge in [0, 0.05) is 5.39 Å². The molecule has 4 aromatic rings. The Kier molecular flexibility index (Phi) is 4.80. The summed E-state index contributed by atoms with van der Waals surface area (Å²) in [7, 11) is 1.57. The molecule has 30 heavy (non-hydrogen) atoms. The molecule has 3 N–H and O–H groups in total. The molecule has 1 amide bonds. The zero-order valence-corrected chi connectivity index (χ0v) is 15.7. The fourth-order valence-electron chi connectivity index (χ4n) is 3.06.